The normalized spacial score (nSPS) is 12.5. The first-order chi connectivity index (χ1) is 16.7. The number of fused-ring (bicyclic) bond motifs is 1. The number of hydrogen-bond donors (Lipinski definition) is 2. The molecular formula is C23H17Cl2F2N3O4S. The maximum atomic E-state index is 12.9. The summed E-state index contributed by atoms with van der Waals surface area (Å²) in [5.41, 5.74) is 1.55. The van der Waals surface area contributed by atoms with Crippen molar-refractivity contribution >= 4 is 49.8 Å². The van der Waals surface area contributed by atoms with E-state index in [1.807, 2.05) is 0 Å². The SMILES string of the molecule is CCS(=O)(=O)c1ccc(/C(=N/O)c2nc3c(Cl)c(-c4ccccc4OC(F)F)c(Cl)cc3[nH]2)cc1. The van der Waals surface area contributed by atoms with E-state index in [0.29, 0.717) is 11.1 Å². The van der Waals surface area contributed by atoms with Crippen molar-refractivity contribution in [3.8, 4) is 16.9 Å². The quantitative estimate of drug-likeness (QED) is 0.166. The lowest BCUT2D eigenvalue weighted by Gasteiger charge is -2.13. The van der Waals surface area contributed by atoms with Crippen molar-refractivity contribution in [2.24, 2.45) is 5.16 Å². The first-order valence-electron chi connectivity index (χ1n) is 10.1. The van der Waals surface area contributed by atoms with Crippen LogP contribution in [0.5, 0.6) is 5.75 Å². The molecule has 35 heavy (non-hydrogen) atoms. The number of aromatic nitrogens is 2. The number of H-pyrrole nitrogens is 1. The lowest BCUT2D eigenvalue weighted by molar-refractivity contribution is -0.0494. The van der Waals surface area contributed by atoms with Crippen LogP contribution in [-0.2, 0) is 9.84 Å². The Morgan fingerprint density at radius 1 is 1.17 bits per heavy atom. The van der Waals surface area contributed by atoms with Crippen LogP contribution in [0, 0.1) is 0 Å². The van der Waals surface area contributed by atoms with Gasteiger partial charge in [0, 0.05) is 16.7 Å². The first-order valence-corrected chi connectivity index (χ1v) is 12.5. The zero-order valence-electron chi connectivity index (χ0n) is 18.0. The predicted octanol–water partition coefficient (Wildman–Crippen LogP) is 6.16. The van der Waals surface area contributed by atoms with Crippen LogP contribution in [0.2, 0.25) is 10.0 Å². The van der Waals surface area contributed by atoms with Gasteiger partial charge in [-0.2, -0.15) is 8.78 Å². The molecule has 12 heteroatoms. The van der Waals surface area contributed by atoms with Gasteiger partial charge in [-0.15, -0.1) is 0 Å². The van der Waals surface area contributed by atoms with E-state index in [9.17, 15) is 22.4 Å². The number of imidazole rings is 1. The predicted molar refractivity (Wildman–Crippen MR) is 130 cm³/mol. The highest BCUT2D eigenvalue weighted by Crippen LogP contribution is 2.43. The number of benzene rings is 3. The monoisotopic (exact) mass is 539 g/mol. The van der Waals surface area contributed by atoms with Gasteiger partial charge in [-0.05, 0) is 24.3 Å². The van der Waals surface area contributed by atoms with Gasteiger partial charge >= 0.3 is 6.61 Å². The molecule has 3 aromatic carbocycles. The van der Waals surface area contributed by atoms with Crippen LogP contribution >= 0.6 is 23.2 Å². The van der Waals surface area contributed by atoms with E-state index in [1.165, 1.54) is 48.5 Å². The highest BCUT2D eigenvalue weighted by molar-refractivity contribution is 7.91. The third kappa shape index (κ3) is 4.82. The standard InChI is InChI=1S/C23H17Cl2F2N3O4S/c1-2-35(32,33)13-9-7-12(8-10-13)20(30-31)22-28-16-11-15(24)18(19(25)21(16)29-22)14-5-3-4-6-17(14)34-23(26)27/h3-11,23,31H,2H2,1H3,(H,28,29)/b30-20-. The summed E-state index contributed by atoms with van der Waals surface area (Å²) < 4.78 is 54.5. The molecule has 0 aliphatic rings. The van der Waals surface area contributed by atoms with Crippen molar-refractivity contribution in [2.45, 2.75) is 18.4 Å². The molecule has 182 valence electrons. The third-order valence-electron chi connectivity index (χ3n) is 5.23. The number of hydrogen-bond acceptors (Lipinski definition) is 6. The number of oxime groups is 1. The molecule has 2 N–H and O–H groups in total. The Kier molecular flexibility index (Phi) is 6.98. The number of nitrogens with one attached hydrogen (secondary N) is 1. The average Bonchev–Trinajstić information content (AvgIpc) is 3.24. The van der Waals surface area contributed by atoms with Gasteiger partial charge in [0.25, 0.3) is 0 Å². The number of alkyl halides is 2. The smallest absolute Gasteiger partial charge is 0.387 e. The summed E-state index contributed by atoms with van der Waals surface area (Å²) in [5.74, 6) is -0.0359. The van der Waals surface area contributed by atoms with Crippen LogP contribution in [0.3, 0.4) is 0 Å². The molecular weight excluding hydrogens is 523 g/mol. The van der Waals surface area contributed by atoms with E-state index in [2.05, 4.69) is 19.9 Å². The number of para-hydroxylation sites is 1. The van der Waals surface area contributed by atoms with E-state index in [4.69, 9.17) is 23.2 Å². The highest BCUT2D eigenvalue weighted by Gasteiger charge is 2.22. The van der Waals surface area contributed by atoms with E-state index < -0.39 is 16.4 Å². The molecule has 0 bridgehead atoms. The Morgan fingerprint density at radius 2 is 1.86 bits per heavy atom. The summed E-state index contributed by atoms with van der Waals surface area (Å²) in [6, 6.07) is 13.4. The topological polar surface area (TPSA) is 105 Å². The van der Waals surface area contributed by atoms with Gasteiger partial charge in [-0.3, -0.25) is 0 Å². The van der Waals surface area contributed by atoms with Crippen molar-refractivity contribution in [1.29, 1.82) is 0 Å². The second-order valence-electron chi connectivity index (χ2n) is 7.28. The van der Waals surface area contributed by atoms with Gasteiger partial charge in [0.15, 0.2) is 21.4 Å². The number of rotatable bonds is 7. The van der Waals surface area contributed by atoms with E-state index in [1.54, 1.807) is 13.0 Å². The zero-order chi connectivity index (χ0) is 25.3. The molecule has 4 rings (SSSR count). The van der Waals surface area contributed by atoms with Gasteiger partial charge in [0.1, 0.15) is 11.3 Å². The average molecular weight is 540 g/mol. The highest BCUT2D eigenvalue weighted by atomic mass is 35.5. The van der Waals surface area contributed by atoms with Crippen LogP contribution in [0.25, 0.3) is 22.2 Å². The molecule has 0 aliphatic heterocycles. The van der Waals surface area contributed by atoms with E-state index >= 15 is 0 Å². The van der Waals surface area contributed by atoms with Gasteiger partial charge in [0.2, 0.25) is 0 Å². The maximum Gasteiger partial charge on any atom is 0.387 e. The summed E-state index contributed by atoms with van der Waals surface area (Å²) in [6.07, 6.45) is 0. The van der Waals surface area contributed by atoms with Crippen molar-refractivity contribution in [1.82, 2.24) is 9.97 Å². The second kappa shape index (κ2) is 9.80. The molecule has 7 nitrogen and oxygen atoms in total. The Morgan fingerprint density at radius 3 is 2.49 bits per heavy atom. The van der Waals surface area contributed by atoms with Crippen LogP contribution in [0.1, 0.15) is 18.3 Å². The Hall–Kier alpha value is -3.21. The molecule has 0 unspecified atom stereocenters. The molecule has 4 aromatic rings. The van der Waals surface area contributed by atoms with Crippen LogP contribution < -0.4 is 4.74 Å². The molecule has 0 saturated carbocycles. The fourth-order valence-electron chi connectivity index (χ4n) is 3.54. The molecule has 1 heterocycles. The minimum atomic E-state index is -3.40. The summed E-state index contributed by atoms with van der Waals surface area (Å²) in [6.45, 7) is -1.50. The Balaban J connectivity index is 1.80. The Labute approximate surface area is 208 Å². The van der Waals surface area contributed by atoms with Crippen LogP contribution in [0.4, 0.5) is 8.78 Å². The summed E-state index contributed by atoms with van der Waals surface area (Å²) >= 11 is 13.1. The van der Waals surface area contributed by atoms with Crippen molar-refractivity contribution in [3.05, 3.63) is 76.0 Å². The summed E-state index contributed by atoms with van der Waals surface area (Å²) in [4.78, 5) is 7.52. The van der Waals surface area contributed by atoms with E-state index in [-0.39, 0.29) is 54.6 Å². The number of ether oxygens (including phenoxy) is 1. The van der Waals surface area contributed by atoms with Crippen LogP contribution in [-0.4, -0.2) is 41.7 Å². The van der Waals surface area contributed by atoms with Gasteiger partial charge in [-0.25, -0.2) is 13.4 Å². The molecule has 0 spiro atoms. The third-order valence-corrected chi connectivity index (χ3v) is 7.65. The number of nitrogens with zero attached hydrogens (tertiary/aromatic N) is 2. The second-order valence-corrected chi connectivity index (χ2v) is 10.3. The van der Waals surface area contributed by atoms with Gasteiger partial charge < -0.3 is 14.9 Å². The first kappa shape index (κ1) is 24.9. The molecule has 0 atom stereocenters. The minimum Gasteiger partial charge on any atom is -0.434 e. The molecule has 0 fully saturated rings. The fourth-order valence-corrected chi connectivity index (χ4v) is 5.13. The fraction of sp³-hybridized carbons (Fsp3) is 0.130. The molecule has 0 aliphatic carbocycles. The Bertz CT molecular complexity index is 1540. The number of aromatic amines is 1. The van der Waals surface area contributed by atoms with Gasteiger partial charge in [-0.1, -0.05) is 65.6 Å². The zero-order valence-corrected chi connectivity index (χ0v) is 20.3. The molecule has 0 radical (unpaired) electrons. The van der Waals surface area contributed by atoms with Crippen molar-refractivity contribution < 1.29 is 27.1 Å². The van der Waals surface area contributed by atoms with E-state index in [0.717, 1.165) is 0 Å². The number of sulfone groups is 1. The molecule has 1 aromatic heterocycles. The van der Waals surface area contributed by atoms with Crippen molar-refractivity contribution in [2.75, 3.05) is 5.75 Å². The molecule has 0 saturated heterocycles. The maximum absolute atomic E-state index is 12.9. The minimum absolute atomic E-state index is 0.0248. The molecule has 0 amide bonds. The van der Waals surface area contributed by atoms with Crippen LogP contribution in [0.15, 0.2) is 64.6 Å². The summed E-state index contributed by atoms with van der Waals surface area (Å²) in [5, 5.41) is 13.2. The largest absolute Gasteiger partial charge is 0.434 e. The lowest BCUT2D eigenvalue weighted by Crippen LogP contribution is -2.07. The lowest BCUT2D eigenvalue weighted by atomic mass is 10.0. The number of halogens is 4. The van der Waals surface area contributed by atoms with Crippen molar-refractivity contribution in [3.63, 3.8) is 0 Å². The summed E-state index contributed by atoms with van der Waals surface area (Å²) in [7, 11) is -3.40. The van der Waals surface area contributed by atoms with Gasteiger partial charge in [0.05, 0.1) is 26.2 Å².